The van der Waals surface area contributed by atoms with Gasteiger partial charge in [-0.15, -0.1) is 0 Å². The van der Waals surface area contributed by atoms with Crippen LogP contribution in [0.4, 0.5) is 11.4 Å². The van der Waals surface area contributed by atoms with Gasteiger partial charge in [0, 0.05) is 50.0 Å². The Labute approximate surface area is 150 Å². The largest absolute Gasteiger partial charge is 0.380 e. The fraction of sp³-hybridized carbons (Fsp3) is 0.333. The zero-order valence-electron chi connectivity index (χ0n) is 14.1. The first-order valence-electron chi connectivity index (χ1n) is 8.31. The summed E-state index contributed by atoms with van der Waals surface area (Å²) in [5.74, 6) is 0. The lowest BCUT2D eigenvalue weighted by Crippen LogP contribution is -2.34. The maximum absolute atomic E-state index is 10.8. The lowest BCUT2D eigenvalue weighted by molar-refractivity contribution is -0.385. The average Bonchev–Trinajstić information content (AvgIpc) is 3.16. The molecular formula is C18H19N3O5. The minimum absolute atomic E-state index is 0.0693. The Hall–Kier alpha value is -2.84. The number of benzene rings is 2. The summed E-state index contributed by atoms with van der Waals surface area (Å²) in [6, 6.07) is 13.3. The summed E-state index contributed by atoms with van der Waals surface area (Å²) in [5.41, 5.74) is 2.09. The number of nitro benzene ring substituents is 2. The molecule has 3 rings (SSSR count). The van der Waals surface area contributed by atoms with E-state index in [0.29, 0.717) is 26.3 Å². The minimum Gasteiger partial charge on any atom is -0.380 e. The first-order valence-corrected chi connectivity index (χ1v) is 8.31. The number of ether oxygens (including phenoxy) is 1. The highest BCUT2D eigenvalue weighted by atomic mass is 16.6. The van der Waals surface area contributed by atoms with Gasteiger partial charge in [-0.05, 0) is 17.5 Å². The lowest BCUT2D eigenvalue weighted by Gasteiger charge is -2.28. The monoisotopic (exact) mass is 357 g/mol. The van der Waals surface area contributed by atoms with Crippen molar-refractivity contribution in [2.75, 3.05) is 13.2 Å². The third-order valence-corrected chi connectivity index (χ3v) is 4.49. The Morgan fingerprint density at radius 3 is 1.69 bits per heavy atom. The molecule has 0 bridgehead atoms. The molecule has 136 valence electrons. The van der Waals surface area contributed by atoms with Crippen LogP contribution in [0.2, 0.25) is 0 Å². The Balaban J connectivity index is 1.74. The van der Waals surface area contributed by atoms with Gasteiger partial charge in [0.1, 0.15) is 0 Å². The molecule has 8 heteroatoms. The highest BCUT2D eigenvalue weighted by Crippen LogP contribution is 2.21. The van der Waals surface area contributed by atoms with Gasteiger partial charge in [-0.3, -0.25) is 25.1 Å². The molecule has 1 saturated heterocycles. The standard InChI is InChI=1S/C18H19N3O5/c22-20(23)16-5-1-14(2-6-16)11-19(18-9-10-26-13-18)12-15-3-7-17(8-4-15)21(24)25/h1-8,18H,9-13H2/t18-/m1/s1. The number of rotatable bonds is 7. The van der Waals surface area contributed by atoms with E-state index in [1.54, 1.807) is 24.3 Å². The van der Waals surface area contributed by atoms with Crippen LogP contribution in [0.25, 0.3) is 0 Å². The van der Waals surface area contributed by atoms with Crippen LogP contribution in [0.5, 0.6) is 0 Å². The second-order valence-electron chi connectivity index (χ2n) is 6.27. The number of non-ortho nitro benzene ring substituents is 2. The molecule has 0 N–H and O–H groups in total. The van der Waals surface area contributed by atoms with Crippen molar-refractivity contribution in [3.63, 3.8) is 0 Å². The molecule has 1 fully saturated rings. The zero-order chi connectivity index (χ0) is 18.5. The quantitative estimate of drug-likeness (QED) is 0.557. The molecule has 1 atom stereocenters. The average molecular weight is 357 g/mol. The van der Waals surface area contributed by atoms with E-state index >= 15 is 0 Å². The highest BCUT2D eigenvalue weighted by Gasteiger charge is 2.24. The first-order chi connectivity index (χ1) is 12.5. The van der Waals surface area contributed by atoms with E-state index in [1.165, 1.54) is 24.3 Å². The summed E-state index contributed by atoms with van der Waals surface area (Å²) in [6.45, 7) is 2.60. The number of hydrogen-bond donors (Lipinski definition) is 0. The Bertz CT molecular complexity index is 711. The molecule has 0 spiro atoms. The van der Waals surface area contributed by atoms with Gasteiger partial charge >= 0.3 is 0 Å². The van der Waals surface area contributed by atoms with Crippen molar-refractivity contribution < 1.29 is 14.6 Å². The molecule has 1 aliphatic heterocycles. The van der Waals surface area contributed by atoms with Crippen LogP contribution in [-0.4, -0.2) is 34.0 Å². The molecule has 26 heavy (non-hydrogen) atoms. The number of nitrogens with zero attached hydrogens (tertiary/aromatic N) is 3. The van der Waals surface area contributed by atoms with Gasteiger partial charge in [-0.1, -0.05) is 24.3 Å². The Morgan fingerprint density at radius 1 is 0.885 bits per heavy atom. The molecular weight excluding hydrogens is 338 g/mol. The van der Waals surface area contributed by atoms with Gasteiger partial charge in [-0.25, -0.2) is 0 Å². The predicted molar refractivity (Wildman–Crippen MR) is 94.7 cm³/mol. The second kappa shape index (κ2) is 8.03. The molecule has 0 aromatic heterocycles. The summed E-state index contributed by atoms with van der Waals surface area (Å²) in [5, 5.41) is 21.6. The molecule has 0 amide bonds. The Morgan fingerprint density at radius 2 is 1.35 bits per heavy atom. The Kier molecular flexibility index (Phi) is 5.55. The van der Waals surface area contributed by atoms with Crippen LogP contribution in [0.15, 0.2) is 48.5 Å². The van der Waals surface area contributed by atoms with Crippen molar-refractivity contribution in [2.24, 2.45) is 0 Å². The number of hydrogen-bond acceptors (Lipinski definition) is 6. The van der Waals surface area contributed by atoms with Crippen molar-refractivity contribution in [3.05, 3.63) is 79.9 Å². The van der Waals surface area contributed by atoms with E-state index in [0.717, 1.165) is 17.5 Å². The first kappa shape index (κ1) is 18.0. The normalized spacial score (nSPS) is 16.7. The van der Waals surface area contributed by atoms with Crippen LogP contribution in [0.1, 0.15) is 17.5 Å². The number of nitro groups is 2. The summed E-state index contributed by atoms with van der Waals surface area (Å²) in [6.07, 6.45) is 0.917. The molecule has 1 heterocycles. The van der Waals surface area contributed by atoms with E-state index in [4.69, 9.17) is 4.74 Å². The van der Waals surface area contributed by atoms with E-state index in [9.17, 15) is 20.2 Å². The van der Waals surface area contributed by atoms with Crippen molar-refractivity contribution in [1.29, 1.82) is 0 Å². The molecule has 0 unspecified atom stereocenters. The van der Waals surface area contributed by atoms with E-state index in [-0.39, 0.29) is 17.4 Å². The molecule has 8 nitrogen and oxygen atoms in total. The van der Waals surface area contributed by atoms with E-state index in [1.807, 2.05) is 0 Å². The zero-order valence-corrected chi connectivity index (χ0v) is 14.1. The van der Waals surface area contributed by atoms with Crippen LogP contribution < -0.4 is 0 Å². The van der Waals surface area contributed by atoms with Crippen molar-refractivity contribution >= 4 is 11.4 Å². The summed E-state index contributed by atoms with van der Waals surface area (Å²) < 4.78 is 5.49. The van der Waals surface area contributed by atoms with Gasteiger partial charge in [0.2, 0.25) is 0 Å². The third-order valence-electron chi connectivity index (χ3n) is 4.49. The van der Waals surface area contributed by atoms with E-state index < -0.39 is 9.85 Å². The van der Waals surface area contributed by atoms with E-state index in [2.05, 4.69) is 4.90 Å². The fourth-order valence-electron chi connectivity index (χ4n) is 3.04. The van der Waals surface area contributed by atoms with Crippen LogP contribution in [-0.2, 0) is 17.8 Å². The van der Waals surface area contributed by atoms with Gasteiger partial charge in [0.15, 0.2) is 0 Å². The predicted octanol–water partition coefficient (Wildman–Crippen LogP) is 3.29. The summed E-state index contributed by atoms with van der Waals surface area (Å²) in [7, 11) is 0. The van der Waals surface area contributed by atoms with Gasteiger partial charge in [0.25, 0.3) is 11.4 Å². The SMILES string of the molecule is O=[N+]([O-])c1ccc(CN(Cc2ccc([N+](=O)[O-])cc2)[C@@H]2CCOC2)cc1. The molecule has 1 aliphatic rings. The minimum atomic E-state index is -0.413. The lowest BCUT2D eigenvalue weighted by atomic mass is 10.1. The van der Waals surface area contributed by atoms with Crippen molar-refractivity contribution in [1.82, 2.24) is 4.90 Å². The van der Waals surface area contributed by atoms with Gasteiger partial charge in [0.05, 0.1) is 16.5 Å². The summed E-state index contributed by atoms with van der Waals surface area (Å²) >= 11 is 0. The highest BCUT2D eigenvalue weighted by molar-refractivity contribution is 5.34. The van der Waals surface area contributed by atoms with Gasteiger partial charge in [-0.2, -0.15) is 0 Å². The maximum atomic E-state index is 10.8. The molecule has 2 aromatic rings. The fourth-order valence-corrected chi connectivity index (χ4v) is 3.04. The molecule has 2 aromatic carbocycles. The smallest absolute Gasteiger partial charge is 0.269 e. The molecule has 0 radical (unpaired) electrons. The summed E-state index contributed by atoms with van der Waals surface area (Å²) in [4.78, 5) is 23.0. The van der Waals surface area contributed by atoms with Crippen LogP contribution >= 0.6 is 0 Å². The van der Waals surface area contributed by atoms with Gasteiger partial charge < -0.3 is 4.74 Å². The van der Waals surface area contributed by atoms with Crippen molar-refractivity contribution in [2.45, 2.75) is 25.6 Å². The topological polar surface area (TPSA) is 98.8 Å². The maximum Gasteiger partial charge on any atom is 0.269 e. The van der Waals surface area contributed by atoms with Crippen LogP contribution in [0, 0.1) is 20.2 Å². The molecule has 0 saturated carbocycles. The third kappa shape index (κ3) is 4.41. The second-order valence-corrected chi connectivity index (χ2v) is 6.27. The van der Waals surface area contributed by atoms with Crippen molar-refractivity contribution in [3.8, 4) is 0 Å². The van der Waals surface area contributed by atoms with Crippen LogP contribution in [0.3, 0.4) is 0 Å². The molecule has 0 aliphatic carbocycles.